The lowest BCUT2D eigenvalue weighted by Gasteiger charge is -2.31. The van der Waals surface area contributed by atoms with Crippen molar-refractivity contribution in [1.82, 2.24) is 19.9 Å². The van der Waals surface area contributed by atoms with Gasteiger partial charge in [0.25, 0.3) is 0 Å². The van der Waals surface area contributed by atoms with E-state index in [-0.39, 0.29) is 22.7 Å². The van der Waals surface area contributed by atoms with Crippen LogP contribution in [0.1, 0.15) is 51.9 Å². The van der Waals surface area contributed by atoms with Gasteiger partial charge in [-0.25, -0.2) is 4.39 Å². The fraction of sp³-hybridized carbons (Fsp3) is 0.625. The van der Waals surface area contributed by atoms with Crippen LogP contribution in [0.2, 0.25) is 0 Å². The topological polar surface area (TPSA) is 78.4 Å². The first-order valence-electron chi connectivity index (χ1n) is 12.1. The van der Waals surface area contributed by atoms with Crippen molar-refractivity contribution in [3.05, 3.63) is 24.0 Å². The number of nitrogens with zero attached hydrogens (tertiary/aromatic N) is 5. The van der Waals surface area contributed by atoms with Crippen molar-refractivity contribution in [2.24, 2.45) is 0 Å². The quantitative estimate of drug-likeness (QED) is 0.462. The minimum absolute atomic E-state index is 0. The molecule has 2 heterocycles. The molecule has 0 radical (unpaired) electrons. The Kier molecular flexibility index (Phi) is 9.70. The number of likely N-dealkylation sites (tertiary alicyclic amines) is 1. The zero-order valence-corrected chi connectivity index (χ0v) is 22.1. The van der Waals surface area contributed by atoms with Gasteiger partial charge >= 0.3 is 0 Å². The van der Waals surface area contributed by atoms with E-state index >= 15 is 0 Å². The van der Waals surface area contributed by atoms with Crippen LogP contribution >= 0.6 is 17.0 Å². The number of likely N-dealkylation sites (N-methyl/N-ethyl adjacent to an activating group) is 1. The second-order valence-corrected chi connectivity index (χ2v) is 8.97. The van der Waals surface area contributed by atoms with E-state index in [1.165, 1.54) is 45.3 Å². The molecule has 0 bridgehead atoms. The van der Waals surface area contributed by atoms with E-state index in [9.17, 15) is 4.39 Å². The van der Waals surface area contributed by atoms with Gasteiger partial charge < -0.3 is 20.3 Å². The Morgan fingerprint density at radius 2 is 1.85 bits per heavy atom. The fourth-order valence-electron chi connectivity index (χ4n) is 4.91. The SMILES string of the molecule is Br.CCN1CCCC1CNc1nc(Nc2ccc(OC)c(F)c2)nc(N(C)C2CCCCC2)n1. The lowest BCUT2D eigenvalue weighted by atomic mass is 9.95. The molecule has 2 aliphatic rings. The number of rotatable bonds is 9. The molecule has 1 atom stereocenters. The van der Waals surface area contributed by atoms with Crippen molar-refractivity contribution >= 4 is 40.5 Å². The zero-order valence-electron chi connectivity index (χ0n) is 20.4. The first-order chi connectivity index (χ1) is 16.1. The lowest BCUT2D eigenvalue weighted by molar-refractivity contribution is 0.277. The summed E-state index contributed by atoms with van der Waals surface area (Å²) in [6.07, 6.45) is 8.45. The Morgan fingerprint density at radius 1 is 1.09 bits per heavy atom. The van der Waals surface area contributed by atoms with Gasteiger partial charge in [-0.3, -0.25) is 4.90 Å². The summed E-state index contributed by atoms with van der Waals surface area (Å²) in [6.45, 7) is 5.19. The highest BCUT2D eigenvalue weighted by atomic mass is 79.9. The van der Waals surface area contributed by atoms with Crippen LogP contribution in [0.25, 0.3) is 0 Å². The van der Waals surface area contributed by atoms with Gasteiger partial charge in [-0.1, -0.05) is 26.2 Å². The maximum absolute atomic E-state index is 14.2. The molecule has 0 amide bonds. The third kappa shape index (κ3) is 6.47. The van der Waals surface area contributed by atoms with Crippen molar-refractivity contribution in [1.29, 1.82) is 0 Å². The van der Waals surface area contributed by atoms with Gasteiger partial charge in [-0.15, -0.1) is 17.0 Å². The second kappa shape index (κ2) is 12.5. The van der Waals surface area contributed by atoms with E-state index in [1.807, 2.05) is 0 Å². The zero-order chi connectivity index (χ0) is 23.2. The van der Waals surface area contributed by atoms with E-state index in [1.54, 1.807) is 12.1 Å². The number of hydrogen-bond donors (Lipinski definition) is 2. The van der Waals surface area contributed by atoms with Crippen molar-refractivity contribution in [3.63, 3.8) is 0 Å². The molecule has 188 valence electrons. The Hall–Kier alpha value is -2.20. The van der Waals surface area contributed by atoms with Gasteiger partial charge in [-0.05, 0) is 50.9 Å². The van der Waals surface area contributed by atoms with E-state index in [0.29, 0.717) is 35.6 Å². The number of hydrogen-bond acceptors (Lipinski definition) is 8. The molecule has 4 rings (SSSR count). The third-order valence-corrected chi connectivity index (χ3v) is 6.87. The predicted molar refractivity (Wildman–Crippen MR) is 140 cm³/mol. The molecule has 8 nitrogen and oxygen atoms in total. The van der Waals surface area contributed by atoms with Gasteiger partial charge in [0.1, 0.15) is 0 Å². The number of benzene rings is 1. The molecule has 2 aromatic rings. The van der Waals surface area contributed by atoms with Crippen LogP contribution in [0, 0.1) is 5.82 Å². The molecule has 34 heavy (non-hydrogen) atoms. The molecular formula is C24H37BrFN7O. The first kappa shape index (κ1) is 26.4. The predicted octanol–water partition coefficient (Wildman–Crippen LogP) is 5.01. The van der Waals surface area contributed by atoms with Crippen molar-refractivity contribution < 1.29 is 9.13 Å². The summed E-state index contributed by atoms with van der Waals surface area (Å²) in [7, 11) is 3.51. The number of nitrogens with one attached hydrogen (secondary N) is 2. The van der Waals surface area contributed by atoms with Gasteiger partial charge in [0, 0.05) is 37.4 Å². The van der Waals surface area contributed by atoms with E-state index in [4.69, 9.17) is 9.72 Å². The summed E-state index contributed by atoms with van der Waals surface area (Å²) in [5.41, 5.74) is 0.560. The third-order valence-electron chi connectivity index (χ3n) is 6.87. The molecule has 0 spiro atoms. The number of aromatic nitrogens is 3. The van der Waals surface area contributed by atoms with E-state index in [0.717, 1.165) is 32.5 Å². The highest BCUT2D eigenvalue weighted by molar-refractivity contribution is 8.93. The van der Waals surface area contributed by atoms with Gasteiger partial charge in [0.2, 0.25) is 17.8 Å². The summed E-state index contributed by atoms with van der Waals surface area (Å²) >= 11 is 0. The monoisotopic (exact) mass is 537 g/mol. The summed E-state index contributed by atoms with van der Waals surface area (Å²) in [6, 6.07) is 5.63. The molecule has 2 fully saturated rings. The van der Waals surface area contributed by atoms with E-state index < -0.39 is 5.82 Å². The molecule has 1 aromatic carbocycles. The minimum Gasteiger partial charge on any atom is -0.494 e. The largest absolute Gasteiger partial charge is 0.494 e. The number of anilines is 4. The summed E-state index contributed by atoms with van der Waals surface area (Å²) in [4.78, 5) is 18.7. The molecule has 1 aromatic heterocycles. The number of ether oxygens (including phenoxy) is 1. The molecule has 1 aliphatic carbocycles. The second-order valence-electron chi connectivity index (χ2n) is 8.97. The number of halogens is 2. The lowest BCUT2D eigenvalue weighted by Crippen LogP contribution is -2.36. The Morgan fingerprint density at radius 3 is 2.56 bits per heavy atom. The smallest absolute Gasteiger partial charge is 0.233 e. The fourth-order valence-corrected chi connectivity index (χ4v) is 4.91. The van der Waals surface area contributed by atoms with Crippen molar-refractivity contribution in [2.45, 2.75) is 64.0 Å². The standard InChI is InChI=1S/C24H36FN7O.BrH/c1-4-32-14-8-11-19(32)16-26-22-28-23(27-17-12-13-21(33-3)20(25)15-17)30-24(29-22)31(2)18-9-6-5-7-10-18;/h12-13,15,18-19H,4-11,14,16H2,1-3H3,(H2,26,27,28,29,30);1H. The van der Waals surface area contributed by atoms with Crippen molar-refractivity contribution in [2.75, 3.05) is 49.3 Å². The van der Waals surface area contributed by atoms with Crippen LogP contribution in [-0.4, -0.2) is 65.7 Å². The average molecular weight is 539 g/mol. The molecule has 10 heteroatoms. The van der Waals surface area contributed by atoms with Crippen LogP contribution in [0.15, 0.2) is 18.2 Å². The van der Waals surface area contributed by atoms with E-state index in [2.05, 4.69) is 44.4 Å². The molecule has 1 unspecified atom stereocenters. The summed E-state index contributed by atoms with van der Waals surface area (Å²) in [5, 5.41) is 6.59. The van der Waals surface area contributed by atoms with Crippen LogP contribution in [0.5, 0.6) is 5.75 Å². The highest BCUT2D eigenvalue weighted by Gasteiger charge is 2.24. The van der Waals surface area contributed by atoms with Gasteiger partial charge in [0.05, 0.1) is 7.11 Å². The highest BCUT2D eigenvalue weighted by Crippen LogP contribution is 2.27. The Labute approximate surface area is 212 Å². The van der Waals surface area contributed by atoms with Crippen LogP contribution < -0.4 is 20.3 Å². The first-order valence-corrected chi connectivity index (χ1v) is 12.1. The molecule has 1 saturated heterocycles. The summed E-state index contributed by atoms with van der Waals surface area (Å²) < 4.78 is 19.2. The van der Waals surface area contributed by atoms with Crippen LogP contribution in [0.3, 0.4) is 0 Å². The van der Waals surface area contributed by atoms with Gasteiger partial charge in [0.15, 0.2) is 11.6 Å². The van der Waals surface area contributed by atoms with Gasteiger partial charge in [-0.2, -0.15) is 15.0 Å². The molecule has 1 aliphatic heterocycles. The van der Waals surface area contributed by atoms with Crippen LogP contribution in [0.4, 0.5) is 27.9 Å². The van der Waals surface area contributed by atoms with Crippen molar-refractivity contribution in [3.8, 4) is 5.75 Å². The molecule has 1 saturated carbocycles. The minimum atomic E-state index is -0.435. The molecular weight excluding hydrogens is 501 g/mol. The summed E-state index contributed by atoms with van der Waals surface area (Å²) in [5.74, 6) is 1.34. The number of methoxy groups -OCH3 is 1. The Balaban J connectivity index is 0.00000324. The average Bonchev–Trinajstić information content (AvgIpc) is 3.30. The van der Waals surface area contributed by atoms with Crippen LogP contribution in [-0.2, 0) is 0 Å². The maximum atomic E-state index is 14.2. The normalized spacial score (nSPS) is 18.9. The Bertz CT molecular complexity index is 928. The maximum Gasteiger partial charge on any atom is 0.233 e. The molecule has 2 N–H and O–H groups in total.